The van der Waals surface area contributed by atoms with Crippen molar-refractivity contribution in [2.45, 2.75) is 9.79 Å². The number of nitrogens with one attached hydrogen (secondary N) is 1. The van der Waals surface area contributed by atoms with E-state index in [1.54, 1.807) is 6.07 Å². The van der Waals surface area contributed by atoms with E-state index in [1.807, 2.05) is 0 Å². The lowest BCUT2D eigenvalue weighted by Gasteiger charge is -2.19. The SMILES string of the molecule is O=C(COC(=O)c1ccc2c(c1)S(=O)(=O)c1ccccc1C2=O)Nc1ccc(F)c(F)c1. The predicted octanol–water partition coefficient (Wildman–Crippen LogP) is 3.14. The van der Waals surface area contributed by atoms with E-state index in [0.717, 1.165) is 24.3 Å². The third kappa shape index (κ3) is 3.76. The van der Waals surface area contributed by atoms with Gasteiger partial charge < -0.3 is 10.1 Å². The summed E-state index contributed by atoms with van der Waals surface area (Å²) in [5.41, 5.74) is -0.248. The zero-order valence-corrected chi connectivity index (χ0v) is 16.9. The molecule has 10 heteroatoms. The summed E-state index contributed by atoms with van der Waals surface area (Å²) in [7, 11) is -4.04. The van der Waals surface area contributed by atoms with Crippen molar-refractivity contribution in [1.29, 1.82) is 0 Å². The molecule has 3 aromatic rings. The van der Waals surface area contributed by atoms with E-state index in [9.17, 15) is 31.6 Å². The average molecular weight is 457 g/mol. The largest absolute Gasteiger partial charge is 0.452 e. The van der Waals surface area contributed by atoms with Crippen LogP contribution < -0.4 is 5.32 Å². The molecule has 1 aliphatic rings. The Morgan fingerprint density at radius 1 is 0.875 bits per heavy atom. The zero-order chi connectivity index (χ0) is 23.0. The number of ether oxygens (including phenoxy) is 1. The molecule has 0 spiro atoms. The van der Waals surface area contributed by atoms with Crippen molar-refractivity contribution in [3.8, 4) is 0 Å². The Bertz CT molecular complexity index is 1400. The second-order valence-corrected chi connectivity index (χ2v) is 8.68. The maximum absolute atomic E-state index is 13.2. The third-order valence-corrected chi connectivity index (χ3v) is 6.56. The van der Waals surface area contributed by atoms with Crippen LogP contribution in [0.1, 0.15) is 26.3 Å². The lowest BCUT2D eigenvalue weighted by atomic mass is 10.0. The van der Waals surface area contributed by atoms with Crippen LogP contribution in [-0.4, -0.2) is 32.7 Å². The summed E-state index contributed by atoms with van der Waals surface area (Å²) in [4.78, 5) is 36.4. The van der Waals surface area contributed by atoms with Crippen LogP contribution in [0.5, 0.6) is 0 Å². The van der Waals surface area contributed by atoms with Crippen molar-refractivity contribution in [3.05, 3.63) is 89.0 Å². The second-order valence-electron chi connectivity index (χ2n) is 6.79. The Morgan fingerprint density at radius 3 is 2.34 bits per heavy atom. The van der Waals surface area contributed by atoms with Crippen LogP contribution in [0, 0.1) is 11.6 Å². The number of halogens is 2. The number of hydrogen-bond acceptors (Lipinski definition) is 6. The summed E-state index contributed by atoms with van der Waals surface area (Å²) < 4.78 is 56.8. The monoisotopic (exact) mass is 457 g/mol. The summed E-state index contributed by atoms with van der Waals surface area (Å²) in [5, 5.41) is 2.23. The number of carbonyl (C=O) groups excluding carboxylic acids is 3. The Kier molecular flexibility index (Phi) is 5.31. The minimum Gasteiger partial charge on any atom is -0.452 e. The topological polar surface area (TPSA) is 107 Å². The maximum atomic E-state index is 13.2. The van der Waals surface area contributed by atoms with Gasteiger partial charge in [0, 0.05) is 22.9 Å². The number of anilines is 1. The van der Waals surface area contributed by atoms with Crippen LogP contribution >= 0.6 is 0 Å². The molecular formula is C22H13F2NO6S. The lowest BCUT2D eigenvalue weighted by Crippen LogP contribution is -2.23. The Labute approximate surface area is 180 Å². The highest BCUT2D eigenvalue weighted by molar-refractivity contribution is 7.91. The van der Waals surface area contributed by atoms with E-state index in [2.05, 4.69) is 5.32 Å². The molecule has 7 nitrogen and oxygen atoms in total. The molecule has 4 rings (SSSR count). The quantitative estimate of drug-likeness (QED) is 0.472. The van der Waals surface area contributed by atoms with Gasteiger partial charge in [0.1, 0.15) is 0 Å². The predicted molar refractivity (Wildman–Crippen MR) is 107 cm³/mol. The molecule has 0 fully saturated rings. The number of esters is 1. The van der Waals surface area contributed by atoms with E-state index in [-0.39, 0.29) is 32.2 Å². The molecule has 3 aromatic carbocycles. The van der Waals surface area contributed by atoms with Crippen LogP contribution in [0.2, 0.25) is 0 Å². The molecular weight excluding hydrogens is 444 g/mol. The molecule has 0 aromatic heterocycles. The van der Waals surface area contributed by atoms with Crippen LogP contribution in [-0.2, 0) is 19.4 Å². The number of fused-ring (bicyclic) bond motifs is 2. The second kappa shape index (κ2) is 7.97. The van der Waals surface area contributed by atoms with Crippen LogP contribution in [0.25, 0.3) is 0 Å². The first kappa shape index (κ1) is 21.3. The van der Waals surface area contributed by atoms with Crippen LogP contribution in [0.3, 0.4) is 0 Å². The highest BCUT2D eigenvalue weighted by Crippen LogP contribution is 2.34. The van der Waals surface area contributed by atoms with Crippen molar-refractivity contribution < 1.29 is 36.3 Å². The maximum Gasteiger partial charge on any atom is 0.338 e. The normalized spacial score (nSPS) is 13.6. The van der Waals surface area contributed by atoms with Gasteiger partial charge in [-0.2, -0.15) is 0 Å². The summed E-state index contributed by atoms with van der Waals surface area (Å²) in [6, 6.07) is 11.9. The van der Waals surface area contributed by atoms with Gasteiger partial charge >= 0.3 is 5.97 Å². The molecule has 162 valence electrons. The number of carbonyl (C=O) groups is 3. The van der Waals surface area contributed by atoms with Crippen LogP contribution in [0.4, 0.5) is 14.5 Å². The summed E-state index contributed by atoms with van der Waals surface area (Å²) in [6.45, 7) is -0.760. The molecule has 0 saturated carbocycles. The first-order valence-electron chi connectivity index (χ1n) is 9.13. The first-order valence-corrected chi connectivity index (χ1v) is 10.6. The molecule has 0 atom stereocenters. The van der Waals surface area contributed by atoms with Gasteiger partial charge in [0.2, 0.25) is 9.84 Å². The molecule has 1 amide bonds. The fraction of sp³-hybridized carbons (Fsp3) is 0.0455. The third-order valence-electron chi connectivity index (χ3n) is 4.71. The van der Waals surface area contributed by atoms with Crippen LogP contribution in [0.15, 0.2) is 70.5 Å². The fourth-order valence-electron chi connectivity index (χ4n) is 3.20. The van der Waals surface area contributed by atoms with E-state index in [4.69, 9.17) is 4.74 Å². The van der Waals surface area contributed by atoms with E-state index < -0.39 is 45.7 Å². The zero-order valence-electron chi connectivity index (χ0n) is 16.1. The van der Waals surface area contributed by atoms with Gasteiger partial charge in [0.05, 0.1) is 15.4 Å². The molecule has 0 radical (unpaired) electrons. The van der Waals surface area contributed by atoms with Crippen molar-refractivity contribution in [2.24, 2.45) is 0 Å². The Balaban J connectivity index is 1.51. The van der Waals surface area contributed by atoms with Crippen molar-refractivity contribution in [1.82, 2.24) is 0 Å². The summed E-state index contributed by atoms with van der Waals surface area (Å²) in [6.07, 6.45) is 0. The number of amides is 1. The molecule has 0 saturated heterocycles. The molecule has 1 heterocycles. The van der Waals surface area contributed by atoms with Gasteiger partial charge in [0.15, 0.2) is 24.0 Å². The minimum absolute atomic E-state index is 0.0398. The summed E-state index contributed by atoms with van der Waals surface area (Å²) >= 11 is 0. The highest BCUT2D eigenvalue weighted by Gasteiger charge is 2.35. The Morgan fingerprint density at radius 2 is 1.59 bits per heavy atom. The van der Waals surface area contributed by atoms with E-state index in [0.29, 0.717) is 0 Å². The van der Waals surface area contributed by atoms with Gasteiger partial charge in [-0.25, -0.2) is 22.0 Å². The van der Waals surface area contributed by atoms with Crippen molar-refractivity contribution in [2.75, 3.05) is 11.9 Å². The average Bonchev–Trinajstić information content (AvgIpc) is 2.78. The van der Waals surface area contributed by atoms with Gasteiger partial charge in [0.25, 0.3) is 5.91 Å². The van der Waals surface area contributed by atoms with Crippen molar-refractivity contribution in [3.63, 3.8) is 0 Å². The first-order chi connectivity index (χ1) is 15.2. The molecule has 1 N–H and O–H groups in total. The molecule has 32 heavy (non-hydrogen) atoms. The Hall–Kier alpha value is -3.92. The fourth-order valence-corrected chi connectivity index (χ4v) is 4.87. The number of rotatable bonds is 4. The van der Waals surface area contributed by atoms with E-state index in [1.165, 1.54) is 30.3 Å². The number of benzene rings is 3. The molecule has 1 aliphatic heterocycles. The van der Waals surface area contributed by atoms with E-state index >= 15 is 0 Å². The molecule has 0 unspecified atom stereocenters. The highest BCUT2D eigenvalue weighted by atomic mass is 32.2. The molecule has 0 aliphatic carbocycles. The van der Waals surface area contributed by atoms with Gasteiger partial charge in [-0.3, -0.25) is 9.59 Å². The number of hydrogen-bond donors (Lipinski definition) is 1. The smallest absolute Gasteiger partial charge is 0.338 e. The number of sulfone groups is 1. The summed E-state index contributed by atoms with van der Waals surface area (Å²) in [5.74, 6) is -4.56. The number of ketones is 1. The molecule has 0 bridgehead atoms. The lowest BCUT2D eigenvalue weighted by molar-refractivity contribution is -0.119. The van der Waals surface area contributed by atoms with Gasteiger partial charge in [-0.1, -0.05) is 12.1 Å². The minimum atomic E-state index is -4.04. The van der Waals surface area contributed by atoms with Gasteiger partial charge in [-0.05, 0) is 42.5 Å². The standard InChI is InChI=1S/C22H13F2NO6S/c23-16-8-6-13(10-17(16)24)25-20(26)11-31-22(28)12-5-7-15-19(9-12)32(29,30)18-4-2-1-3-14(18)21(15)27/h1-10H,11H2,(H,25,26). The van der Waals surface area contributed by atoms with Crippen molar-refractivity contribution >= 4 is 33.2 Å². The van der Waals surface area contributed by atoms with Gasteiger partial charge in [-0.15, -0.1) is 0 Å².